The molecule has 0 radical (unpaired) electrons. The topological polar surface area (TPSA) is 41.3 Å². The van der Waals surface area contributed by atoms with Gasteiger partial charge in [0.2, 0.25) is 0 Å². The van der Waals surface area contributed by atoms with Crippen LogP contribution in [0.1, 0.15) is 30.9 Å². The van der Waals surface area contributed by atoms with E-state index in [1.54, 1.807) is 0 Å². The first-order valence-corrected chi connectivity index (χ1v) is 7.61. The molecule has 1 aromatic carbocycles. The molecule has 0 amide bonds. The maximum atomic E-state index is 6.19. The summed E-state index contributed by atoms with van der Waals surface area (Å²) in [6, 6.07) is 6.33. The van der Waals surface area contributed by atoms with Crippen LogP contribution in [0.5, 0.6) is 0 Å². The Morgan fingerprint density at radius 2 is 2.05 bits per heavy atom. The second-order valence-corrected chi connectivity index (χ2v) is 6.19. The van der Waals surface area contributed by atoms with E-state index in [2.05, 4.69) is 16.3 Å². The Morgan fingerprint density at radius 3 is 2.74 bits per heavy atom. The van der Waals surface area contributed by atoms with Crippen LogP contribution in [0.25, 0.3) is 0 Å². The number of piperazine rings is 1. The first kappa shape index (κ1) is 13.2. The van der Waals surface area contributed by atoms with Gasteiger partial charge in [-0.1, -0.05) is 24.4 Å². The highest BCUT2D eigenvalue weighted by Gasteiger charge is 2.31. The van der Waals surface area contributed by atoms with Crippen molar-refractivity contribution in [2.24, 2.45) is 5.92 Å². The average Bonchev–Trinajstić information content (AvgIpc) is 3.24. The van der Waals surface area contributed by atoms with Crippen LogP contribution in [-0.4, -0.2) is 31.1 Å². The summed E-state index contributed by atoms with van der Waals surface area (Å²) in [6.07, 6.45) is 3.98. The van der Waals surface area contributed by atoms with Crippen molar-refractivity contribution in [2.75, 3.05) is 31.9 Å². The number of nitrogens with two attached hydrogens (primary N) is 1. The van der Waals surface area contributed by atoms with Gasteiger partial charge < -0.3 is 11.1 Å². The molecule has 3 N–H and O–H groups in total. The van der Waals surface area contributed by atoms with Gasteiger partial charge in [0.15, 0.2) is 0 Å². The smallest absolute Gasteiger partial charge is 0.0410 e. The summed E-state index contributed by atoms with van der Waals surface area (Å²) in [5.74, 6) is 0.887. The van der Waals surface area contributed by atoms with Crippen molar-refractivity contribution in [2.45, 2.75) is 25.3 Å². The number of benzene rings is 1. The van der Waals surface area contributed by atoms with E-state index >= 15 is 0 Å². The molecule has 2 aliphatic rings. The first-order valence-electron chi connectivity index (χ1n) is 7.24. The molecule has 104 valence electrons. The molecule has 3 nitrogen and oxygen atoms in total. The quantitative estimate of drug-likeness (QED) is 0.833. The van der Waals surface area contributed by atoms with Crippen molar-refractivity contribution in [1.29, 1.82) is 0 Å². The van der Waals surface area contributed by atoms with Gasteiger partial charge in [-0.2, -0.15) is 0 Å². The summed E-state index contributed by atoms with van der Waals surface area (Å²) >= 11 is 6.17. The maximum absolute atomic E-state index is 6.19. The van der Waals surface area contributed by atoms with Crippen LogP contribution < -0.4 is 11.1 Å². The summed E-state index contributed by atoms with van der Waals surface area (Å²) in [4.78, 5) is 2.57. The largest absolute Gasteiger partial charge is 0.398 e. The maximum Gasteiger partial charge on any atom is 0.0410 e. The van der Waals surface area contributed by atoms with Crippen molar-refractivity contribution in [3.63, 3.8) is 0 Å². The molecule has 0 bridgehead atoms. The fourth-order valence-corrected chi connectivity index (χ4v) is 3.15. The van der Waals surface area contributed by atoms with Crippen molar-refractivity contribution in [3.8, 4) is 0 Å². The highest BCUT2D eigenvalue weighted by atomic mass is 35.5. The van der Waals surface area contributed by atoms with E-state index in [0.29, 0.717) is 6.04 Å². The van der Waals surface area contributed by atoms with Crippen molar-refractivity contribution < 1.29 is 0 Å². The van der Waals surface area contributed by atoms with Crippen molar-refractivity contribution in [1.82, 2.24) is 10.2 Å². The van der Waals surface area contributed by atoms with Crippen molar-refractivity contribution in [3.05, 3.63) is 28.8 Å². The van der Waals surface area contributed by atoms with E-state index in [1.165, 1.54) is 24.8 Å². The number of rotatable bonds is 4. The van der Waals surface area contributed by atoms with E-state index in [1.807, 2.05) is 12.1 Å². The number of nitrogens with one attached hydrogen (secondary N) is 1. The molecule has 1 saturated carbocycles. The van der Waals surface area contributed by atoms with E-state index in [-0.39, 0.29) is 0 Å². The van der Waals surface area contributed by atoms with Gasteiger partial charge in [-0.3, -0.25) is 4.90 Å². The second kappa shape index (κ2) is 5.70. The van der Waals surface area contributed by atoms with E-state index in [9.17, 15) is 0 Å². The van der Waals surface area contributed by atoms with Gasteiger partial charge in [0.25, 0.3) is 0 Å². The molecular formula is C15H22ClN3. The molecule has 1 aromatic rings. The summed E-state index contributed by atoms with van der Waals surface area (Å²) < 4.78 is 0. The Hall–Kier alpha value is -0.770. The number of nitrogens with zero attached hydrogens (tertiary/aromatic N) is 1. The summed E-state index contributed by atoms with van der Waals surface area (Å²) in [5, 5.41) is 4.21. The zero-order chi connectivity index (χ0) is 13.2. The number of nitrogen functional groups attached to an aromatic ring is 1. The van der Waals surface area contributed by atoms with Gasteiger partial charge in [-0.25, -0.2) is 0 Å². The summed E-state index contributed by atoms with van der Waals surface area (Å²) in [6.45, 7) is 4.34. The van der Waals surface area contributed by atoms with Crippen LogP contribution >= 0.6 is 11.6 Å². The fourth-order valence-electron chi connectivity index (χ4n) is 2.97. The lowest BCUT2D eigenvalue weighted by Crippen LogP contribution is -2.45. The third kappa shape index (κ3) is 3.22. The zero-order valence-corrected chi connectivity index (χ0v) is 12.0. The Labute approximate surface area is 120 Å². The van der Waals surface area contributed by atoms with Crippen LogP contribution in [0, 0.1) is 5.92 Å². The molecule has 1 saturated heterocycles. The molecular weight excluding hydrogens is 258 g/mol. The fraction of sp³-hybridized carbons (Fsp3) is 0.600. The Kier molecular flexibility index (Phi) is 3.96. The second-order valence-electron chi connectivity index (χ2n) is 5.75. The lowest BCUT2D eigenvalue weighted by molar-refractivity contribution is 0.161. The van der Waals surface area contributed by atoms with Gasteiger partial charge in [0, 0.05) is 42.9 Å². The zero-order valence-electron chi connectivity index (χ0n) is 11.2. The van der Waals surface area contributed by atoms with Gasteiger partial charge >= 0.3 is 0 Å². The van der Waals surface area contributed by atoms with E-state index in [4.69, 9.17) is 17.3 Å². The van der Waals surface area contributed by atoms with Gasteiger partial charge in [0.05, 0.1) is 0 Å². The average molecular weight is 280 g/mol. The minimum absolute atomic E-state index is 0.438. The normalized spacial score (nSPS) is 22.4. The Balaban J connectivity index is 1.85. The van der Waals surface area contributed by atoms with E-state index in [0.717, 1.165) is 42.8 Å². The minimum atomic E-state index is 0.438. The van der Waals surface area contributed by atoms with Crippen molar-refractivity contribution >= 4 is 17.3 Å². The van der Waals surface area contributed by atoms with Gasteiger partial charge in [-0.05, 0) is 36.1 Å². The molecule has 2 fully saturated rings. The lowest BCUT2D eigenvalue weighted by Gasteiger charge is -2.36. The highest BCUT2D eigenvalue weighted by Crippen LogP contribution is 2.41. The summed E-state index contributed by atoms with van der Waals surface area (Å²) in [5.41, 5.74) is 8.30. The van der Waals surface area contributed by atoms with Crippen LogP contribution in [-0.2, 0) is 0 Å². The van der Waals surface area contributed by atoms with Gasteiger partial charge in [0.1, 0.15) is 0 Å². The molecule has 1 aliphatic heterocycles. The third-order valence-electron chi connectivity index (χ3n) is 4.25. The standard InChI is InChI=1S/C15H22ClN3/c16-12-3-4-14(17)13(10-12)15(9-11-1-2-11)19-7-5-18-6-8-19/h3-4,10-11,15,18H,1-2,5-9,17H2/t15-/m0/s1. The molecule has 19 heavy (non-hydrogen) atoms. The molecule has 0 aromatic heterocycles. The van der Waals surface area contributed by atoms with E-state index < -0.39 is 0 Å². The molecule has 4 heteroatoms. The number of anilines is 1. The molecule has 0 spiro atoms. The summed E-state index contributed by atoms with van der Waals surface area (Å²) in [7, 11) is 0. The molecule has 1 aliphatic carbocycles. The Morgan fingerprint density at radius 1 is 1.32 bits per heavy atom. The molecule has 3 rings (SSSR count). The first-order chi connectivity index (χ1) is 9.24. The predicted molar refractivity (Wildman–Crippen MR) is 80.4 cm³/mol. The number of hydrogen-bond acceptors (Lipinski definition) is 3. The SMILES string of the molecule is Nc1ccc(Cl)cc1[C@H](CC1CC1)N1CCNCC1. The van der Waals surface area contributed by atoms with Crippen LogP contribution in [0.15, 0.2) is 18.2 Å². The monoisotopic (exact) mass is 279 g/mol. The van der Waals surface area contributed by atoms with Crippen LogP contribution in [0.3, 0.4) is 0 Å². The highest BCUT2D eigenvalue weighted by molar-refractivity contribution is 6.30. The molecule has 1 heterocycles. The Bertz CT molecular complexity index is 439. The minimum Gasteiger partial charge on any atom is -0.398 e. The van der Waals surface area contributed by atoms with Gasteiger partial charge in [-0.15, -0.1) is 0 Å². The molecule has 1 atom stereocenters. The van der Waals surface area contributed by atoms with Crippen LogP contribution in [0.2, 0.25) is 5.02 Å². The predicted octanol–water partition coefficient (Wildman–Crippen LogP) is 2.67. The van der Waals surface area contributed by atoms with Crippen LogP contribution in [0.4, 0.5) is 5.69 Å². The third-order valence-corrected chi connectivity index (χ3v) is 4.49. The lowest BCUT2D eigenvalue weighted by atomic mass is 9.97. The number of hydrogen-bond donors (Lipinski definition) is 2. The molecule has 0 unspecified atom stereocenters. The number of halogens is 1.